The molecule has 0 amide bonds. The van der Waals surface area contributed by atoms with E-state index in [-0.39, 0.29) is 6.10 Å². The summed E-state index contributed by atoms with van der Waals surface area (Å²) >= 11 is 0. The minimum absolute atomic E-state index is 0.0605. The largest absolute Gasteiger partial charge is 0.485 e. The van der Waals surface area contributed by atoms with Gasteiger partial charge in [0.05, 0.1) is 5.56 Å². The van der Waals surface area contributed by atoms with Crippen molar-refractivity contribution in [1.82, 2.24) is 4.90 Å². The first-order valence-electron chi connectivity index (χ1n) is 7.11. The van der Waals surface area contributed by atoms with Gasteiger partial charge in [-0.3, -0.25) is 4.79 Å². The van der Waals surface area contributed by atoms with E-state index in [1.165, 1.54) is 0 Å². The third kappa shape index (κ3) is 4.43. The summed E-state index contributed by atoms with van der Waals surface area (Å²) in [5, 5.41) is 0. The third-order valence-electron chi connectivity index (χ3n) is 3.33. The third-order valence-corrected chi connectivity index (χ3v) is 3.33. The topological polar surface area (TPSA) is 29.5 Å². The second-order valence-electron chi connectivity index (χ2n) is 5.26. The van der Waals surface area contributed by atoms with Crippen molar-refractivity contribution < 1.29 is 9.53 Å². The monoisotopic (exact) mass is 283 g/mol. The van der Waals surface area contributed by atoms with Gasteiger partial charge in [-0.25, -0.2) is 0 Å². The fourth-order valence-electron chi connectivity index (χ4n) is 2.18. The number of benzene rings is 2. The summed E-state index contributed by atoms with van der Waals surface area (Å²) in [6, 6.07) is 17.5. The van der Waals surface area contributed by atoms with E-state index in [0.29, 0.717) is 11.3 Å². The van der Waals surface area contributed by atoms with Gasteiger partial charge >= 0.3 is 0 Å². The van der Waals surface area contributed by atoms with E-state index >= 15 is 0 Å². The predicted molar refractivity (Wildman–Crippen MR) is 84.8 cm³/mol. The van der Waals surface area contributed by atoms with E-state index in [1.807, 2.05) is 50.5 Å². The quantitative estimate of drug-likeness (QED) is 0.728. The lowest BCUT2D eigenvalue weighted by Gasteiger charge is -2.22. The van der Waals surface area contributed by atoms with Crippen molar-refractivity contribution in [2.75, 3.05) is 20.6 Å². The molecule has 110 valence electrons. The van der Waals surface area contributed by atoms with Crippen LogP contribution in [0.4, 0.5) is 0 Å². The number of carbonyl (C=O) groups is 1. The second-order valence-corrected chi connectivity index (χ2v) is 5.26. The zero-order chi connectivity index (χ0) is 15.1. The Morgan fingerprint density at radius 1 is 1.05 bits per heavy atom. The standard InChI is InChI=1S/C18H21NO2/c1-19(2)13-12-18(15-8-4-3-5-9-15)21-17-11-7-6-10-16(17)14-20/h3-11,14,18H,12-13H2,1-2H3/t18-/m1/s1. The number of carbonyl (C=O) groups excluding carboxylic acids is 1. The van der Waals surface area contributed by atoms with Crippen molar-refractivity contribution in [1.29, 1.82) is 0 Å². The fourth-order valence-corrected chi connectivity index (χ4v) is 2.18. The van der Waals surface area contributed by atoms with Crippen LogP contribution in [0.2, 0.25) is 0 Å². The van der Waals surface area contributed by atoms with Crippen molar-refractivity contribution in [2.24, 2.45) is 0 Å². The van der Waals surface area contributed by atoms with Gasteiger partial charge in [0.2, 0.25) is 0 Å². The zero-order valence-electron chi connectivity index (χ0n) is 12.5. The van der Waals surface area contributed by atoms with E-state index in [4.69, 9.17) is 4.74 Å². The van der Waals surface area contributed by atoms with Gasteiger partial charge in [0, 0.05) is 13.0 Å². The molecule has 3 heteroatoms. The van der Waals surface area contributed by atoms with Crippen molar-refractivity contribution in [3.63, 3.8) is 0 Å². The Hall–Kier alpha value is -2.13. The van der Waals surface area contributed by atoms with Crippen LogP contribution >= 0.6 is 0 Å². The molecule has 21 heavy (non-hydrogen) atoms. The molecule has 0 fully saturated rings. The van der Waals surface area contributed by atoms with Crippen LogP contribution in [0.25, 0.3) is 0 Å². The Morgan fingerprint density at radius 2 is 1.71 bits per heavy atom. The second kappa shape index (κ2) is 7.60. The summed E-state index contributed by atoms with van der Waals surface area (Å²) in [4.78, 5) is 13.3. The molecule has 0 aliphatic carbocycles. The number of rotatable bonds is 7. The van der Waals surface area contributed by atoms with Crippen LogP contribution in [0.1, 0.15) is 28.4 Å². The molecule has 0 spiro atoms. The zero-order valence-corrected chi connectivity index (χ0v) is 12.5. The van der Waals surface area contributed by atoms with E-state index in [0.717, 1.165) is 24.8 Å². The molecule has 0 saturated heterocycles. The maximum atomic E-state index is 11.1. The molecule has 0 aromatic heterocycles. The molecule has 0 aliphatic heterocycles. The summed E-state index contributed by atoms with van der Waals surface area (Å²) in [6.07, 6.45) is 1.64. The molecule has 0 saturated carbocycles. The lowest BCUT2D eigenvalue weighted by Crippen LogP contribution is -2.19. The lowest BCUT2D eigenvalue weighted by atomic mass is 10.1. The summed E-state index contributed by atoms with van der Waals surface area (Å²) in [5.41, 5.74) is 1.71. The van der Waals surface area contributed by atoms with E-state index in [1.54, 1.807) is 6.07 Å². The van der Waals surface area contributed by atoms with Crippen LogP contribution in [0.3, 0.4) is 0 Å². The number of hydrogen-bond acceptors (Lipinski definition) is 3. The first kappa shape index (κ1) is 15.3. The van der Waals surface area contributed by atoms with Gasteiger partial charge in [0.15, 0.2) is 6.29 Å². The molecule has 0 N–H and O–H groups in total. The molecule has 0 radical (unpaired) electrons. The average Bonchev–Trinajstić information content (AvgIpc) is 2.52. The number of hydrogen-bond donors (Lipinski definition) is 0. The number of aldehydes is 1. The van der Waals surface area contributed by atoms with Crippen molar-refractivity contribution >= 4 is 6.29 Å². The molecular formula is C18H21NO2. The van der Waals surface area contributed by atoms with Crippen LogP contribution in [-0.2, 0) is 0 Å². The summed E-state index contributed by atoms with van der Waals surface area (Å²) in [5.74, 6) is 0.639. The summed E-state index contributed by atoms with van der Waals surface area (Å²) in [7, 11) is 4.09. The molecule has 0 bridgehead atoms. The number of para-hydroxylation sites is 1. The van der Waals surface area contributed by atoms with E-state index < -0.39 is 0 Å². The number of ether oxygens (including phenoxy) is 1. The van der Waals surface area contributed by atoms with Crippen molar-refractivity contribution in [2.45, 2.75) is 12.5 Å². The minimum Gasteiger partial charge on any atom is -0.485 e. The van der Waals surface area contributed by atoms with Gasteiger partial charge in [-0.15, -0.1) is 0 Å². The SMILES string of the molecule is CN(C)CC[C@@H](Oc1ccccc1C=O)c1ccccc1. The molecule has 0 unspecified atom stereocenters. The normalized spacial score (nSPS) is 12.1. The van der Waals surface area contributed by atoms with Gasteiger partial charge in [-0.2, -0.15) is 0 Å². The highest BCUT2D eigenvalue weighted by atomic mass is 16.5. The Morgan fingerprint density at radius 3 is 2.38 bits per heavy atom. The molecule has 0 aliphatic rings. The van der Waals surface area contributed by atoms with Gasteiger partial charge in [-0.1, -0.05) is 42.5 Å². The molecule has 2 aromatic rings. The molecule has 2 aromatic carbocycles. The Labute approximate surface area is 126 Å². The highest BCUT2D eigenvalue weighted by Crippen LogP contribution is 2.27. The predicted octanol–water partition coefficient (Wildman–Crippen LogP) is 3.57. The van der Waals surface area contributed by atoms with E-state index in [9.17, 15) is 4.79 Å². The van der Waals surface area contributed by atoms with Gasteiger partial charge < -0.3 is 9.64 Å². The van der Waals surface area contributed by atoms with Crippen molar-refractivity contribution in [3.05, 3.63) is 65.7 Å². The fraction of sp³-hybridized carbons (Fsp3) is 0.278. The van der Waals surface area contributed by atoms with Crippen molar-refractivity contribution in [3.8, 4) is 5.75 Å². The molecule has 3 nitrogen and oxygen atoms in total. The lowest BCUT2D eigenvalue weighted by molar-refractivity contribution is 0.111. The Kier molecular flexibility index (Phi) is 5.52. The van der Waals surface area contributed by atoms with Gasteiger partial charge in [0.1, 0.15) is 11.9 Å². The summed E-state index contributed by atoms with van der Waals surface area (Å²) in [6.45, 7) is 0.919. The average molecular weight is 283 g/mol. The van der Waals surface area contributed by atoms with Crippen LogP contribution in [-0.4, -0.2) is 31.8 Å². The van der Waals surface area contributed by atoms with Crippen LogP contribution in [0.15, 0.2) is 54.6 Å². The first-order valence-corrected chi connectivity index (χ1v) is 7.11. The molecular weight excluding hydrogens is 262 g/mol. The highest BCUT2D eigenvalue weighted by molar-refractivity contribution is 5.79. The first-order chi connectivity index (χ1) is 10.2. The van der Waals surface area contributed by atoms with Crippen LogP contribution in [0, 0.1) is 0 Å². The maximum Gasteiger partial charge on any atom is 0.153 e. The highest BCUT2D eigenvalue weighted by Gasteiger charge is 2.15. The van der Waals surface area contributed by atoms with Gasteiger partial charge in [-0.05, 0) is 31.8 Å². The molecule has 1 atom stereocenters. The number of nitrogens with zero attached hydrogens (tertiary/aromatic N) is 1. The van der Waals surface area contributed by atoms with Gasteiger partial charge in [0.25, 0.3) is 0 Å². The Bertz CT molecular complexity index is 566. The molecule has 2 rings (SSSR count). The minimum atomic E-state index is -0.0605. The van der Waals surface area contributed by atoms with E-state index in [2.05, 4.69) is 17.0 Å². The van der Waals surface area contributed by atoms with Crippen LogP contribution in [0.5, 0.6) is 5.75 Å². The summed E-state index contributed by atoms with van der Waals surface area (Å²) < 4.78 is 6.12. The van der Waals surface area contributed by atoms with Crippen LogP contribution < -0.4 is 4.74 Å². The smallest absolute Gasteiger partial charge is 0.153 e. The maximum absolute atomic E-state index is 11.1. The molecule has 0 heterocycles. The Balaban J connectivity index is 2.21.